The lowest BCUT2D eigenvalue weighted by Gasteiger charge is -2.35. The Balaban J connectivity index is 2.22. The molecule has 5 heteroatoms. The first-order valence-electron chi connectivity index (χ1n) is 7.70. The summed E-state index contributed by atoms with van der Waals surface area (Å²) in [7, 11) is 0. The van der Waals surface area contributed by atoms with Crippen molar-refractivity contribution in [2.24, 2.45) is 11.8 Å². The van der Waals surface area contributed by atoms with Gasteiger partial charge in [-0.05, 0) is 30.7 Å². The van der Waals surface area contributed by atoms with Gasteiger partial charge >= 0.3 is 0 Å². The van der Waals surface area contributed by atoms with Gasteiger partial charge in [0.25, 0.3) is 5.91 Å². The lowest BCUT2D eigenvalue weighted by molar-refractivity contribution is 0.0623. The van der Waals surface area contributed by atoms with Crippen LogP contribution >= 0.6 is 0 Å². The van der Waals surface area contributed by atoms with E-state index in [1.807, 2.05) is 11.8 Å². The second-order valence-corrected chi connectivity index (χ2v) is 6.13. The van der Waals surface area contributed by atoms with E-state index >= 15 is 0 Å². The molecule has 0 spiro atoms. The van der Waals surface area contributed by atoms with Gasteiger partial charge in [0.15, 0.2) is 0 Å². The number of amides is 1. The number of likely N-dealkylation sites (tertiary alicyclic amines) is 1. The van der Waals surface area contributed by atoms with E-state index in [2.05, 4.69) is 24.1 Å². The highest BCUT2D eigenvalue weighted by Gasteiger charge is 2.28. The molecule has 0 aliphatic carbocycles. The maximum atomic E-state index is 13.5. The Hall–Kier alpha value is -1.65. The van der Waals surface area contributed by atoms with E-state index in [0.29, 0.717) is 29.8 Å². The molecule has 1 fully saturated rings. The lowest BCUT2D eigenvalue weighted by Crippen LogP contribution is -2.42. The second kappa shape index (κ2) is 6.87. The topological polar surface area (TPSA) is 45.2 Å². The SMILES string of the molecule is CCCNc1ncc(F)cc1C(=O)N1CC(C)CC(C)C1. The van der Waals surface area contributed by atoms with Crippen LogP contribution in [0.1, 0.15) is 44.0 Å². The Morgan fingerprint density at radius 2 is 2.10 bits per heavy atom. The van der Waals surface area contributed by atoms with Gasteiger partial charge in [-0.3, -0.25) is 4.79 Å². The predicted octanol–water partition coefficient (Wildman–Crippen LogP) is 3.16. The lowest BCUT2D eigenvalue weighted by atomic mass is 9.91. The van der Waals surface area contributed by atoms with Crippen molar-refractivity contribution >= 4 is 11.7 Å². The van der Waals surface area contributed by atoms with E-state index in [1.54, 1.807) is 0 Å². The number of aromatic nitrogens is 1. The average Bonchev–Trinajstić information content (AvgIpc) is 2.44. The minimum Gasteiger partial charge on any atom is -0.369 e. The van der Waals surface area contributed by atoms with Gasteiger partial charge in [-0.2, -0.15) is 0 Å². The highest BCUT2D eigenvalue weighted by atomic mass is 19.1. The van der Waals surface area contributed by atoms with Gasteiger partial charge in [-0.25, -0.2) is 9.37 Å². The summed E-state index contributed by atoms with van der Waals surface area (Å²) in [6.07, 6.45) is 3.20. The second-order valence-electron chi connectivity index (χ2n) is 6.13. The summed E-state index contributed by atoms with van der Waals surface area (Å²) in [6.45, 7) is 8.50. The highest BCUT2D eigenvalue weighted by Crippen LogP contribution is 2.24. The molecule has 0 radical (unpaired) electrons. The fraction of sp³-hybridized carbons (Fsp3) is 0.625. The molecular formula is C16H24FN3O. The zero-order valence-electron chi connectivity index (χ0n) is 13.0. The number of rotatable bonds is 4. The molecule has 1 aromatic rings. The van der Waals surface area contributed by atoms with Crippen molar-refractivity contribution < 1.29 is 9.18 Å². The van der Waals surface area contributed by atoms with Crippen LogP contribution in [0.2, 0.25) is 0 Å². The van der Waals surface area contributed by atoms with Crippen LogP contribution < -0.4 is 5.32 Å². The Labute approximate surface area is 125 Å². The summed E-state index contributed by atoms with van der Waals surface area (Å²) in [6, 6.07) is 1.29. The van der Waals surface area contributed by atoms with Crippen LogP contribution in [0, 0.1) is 17.7 Å². The zero-order valence-corrected chi connectivity index (χ0v) is 13.0. The van der Waals surface area contributed by atoms with Crippen molar-refractivity contribution in [3.05, 3.63) is 23.6 Å². The predicted molar refractivity (Wildman–Crippen MR) is 81.8 cm³/mol. The van der Waals surface area contributed by atoms with Crippen LogP contribution in [-0.4, -0.2) is 35.4 Å². The van der Waals surface area contributed by atoms with E-state index in [0.717, 1.165) is 32.1 Å². The number of carbonyl (C=O) groups is 1. The minimum absolute atomic E-state index is 0.126. The summed E-state index contributed by atoms with van der Waals surface area (Å²) in [5, 5.41) is 3.11. The Bertz CT molecular complexity index is 496. The number of nitrogens with one attached hydrogen (secondary N) is 1. The number of hydrogen-bond acceptors (Lipinski definition) is 3. The molecule has 1 aliphatic rings. The molecule has 1 amide bonds. The van der Waals surface area contributed by atoms with Gasteiger partial charge in [0.05, 0.1) is 11.8 Å². The monoisotopic (exact) mass is 293 g/mol. The van der Waals surface area contributed by atoms with Crippen molar-refractivity contribution in [1.82, 2.24) is 9.88 Å². The summed E-state index contributed by atoms with van der Waals surface area (Å²) in [5.41, 5.74) is 0.338. The molecule has 1 aromatic heterocycles. The molecule has 2 atom stereocenters. The van der Waals surface area contributed by atoms with Gasteiger partial charge in [-0.15, -0.1) is 0 Å². The fourth-order valence-electron chi connectivity index (χ4n) is 2.99. The van der Waals surface area contributed by atoms with E-state index in [4.69, 9.17) is 0 Å². The summed E-state index contributed by atoms with van der Waals surface area (Å²) in [4.78, 5) is 18.6. The number of pyridine rings is 1. The van der Waals surface area contributed by atoms with Crippen LogP contribution in [-0.2, 0) is 0 Å². The van der Waals surface area contributed by atoms with Gasteiger partial charge < -0.3 is 10.2 Å². The van der Waals surface area contributed by atoms with Gasteiger partial charge in [0, 0.05) is 19.6 Å². The fourth-order valence-corrected chi connectivity index (χ4v) is 2.99. The number of piperidine rings is 1. The third kappa shape index (κ3) is 3.93. The molecule has 116 valence electrons. The van der Waals surface area contributed by atoms with Gasteiger partial charge in [0.2, 0.25) is 0 Å². The van der Waals surface area contributed by atoms with Crippen LogP contribution in [0.5, 0.6) is 0 Å². The van der Waals surface area contributed by atoms with Crippen LogP contribution in [0.4, 0.5) is 10.2 Å². The Morgan fingerprint density at radius 3 is 2.71 bits per heavy atom. The normalized spacial score (nSPS) is 22.2. The van der Waals surface area contributed by atoms with E-state index < -0.39 is 5.82 Å². The summed E-state index contributed by atoms with van der Waals surface area (Å²) < 4.78 is 13.5. The Morgan fingerprint density at radius 1 is 1.43 bits per heavy atom. The number of anilines is 1. The number of carbonyl (C=O) groups excluding carboxylic acids is 1. The Kier molecular flexibility index (Phi) is 5.15. The highest BCUT2D eigenvalue weighted by molar-refractivity contribution is 5.98. The molecule has 2 unspecified atom stereocenters. The van der Waals surface area contributed by atoms with Crippen molar-refractivity contribution in [1.29, 1.82) is 0 Å². The van der Waals surface area contributed by atoms with Crippen molar-refractivity contribution in [3.63, 3.8) is 0 Å². The smallest absolute Gasteiger partial charge is 0.257 e. The van der Waals surface area contributed by atoms with Crippen molar-refractivity contribution in [2.75, 3.05) is 25.0 Å². The van der Waals surface area contributed by atoms with Crippen LogP contribution in [0.25, 0.3) is 0 Å². The quantitative estimate of drug-likeness (QED) is 0.927. The summed E-state index contributed by atoms with van der Waals surface area (Å²) in [5.74, 6) is 0.837. The molecule has 0 aromatic carbocycles. The van der Waals surface area contributed by atoms with E-state index in [1.165, 1.54) is 6.07 Å². The zero-order chi connectivity index (χ0) is 15.4. The molecule has 2 heterocycles. The van der Waals surface area contributed by atoms with E-state index in [-0.39, 0.29) is 5.91 Å². The van der Waals surface area contributed by atoms with Crippen LogP contribution in [0.15, 0.2) is 12.3 Å². The minimum atomic E-state index is -0.474. The molecule has 0 bridgehead atoms. The average molecular weight is 293 g/mol. The third-order valence-corrected chi connectivity index (χ3v) is 3.78. The van der Waals surface area contributed by atoms with Crippen LogP contribution in [0.3, 0.4) is 0 Å². The molecular weight excluding hydrogens is 269 g/mol. The maximum Gasteiger partial charge on any atom is 0.257 e. The summed E-state index contributed by atoms with van der Waals surface area (Å²) >= 11 is 0. The van der Waals surface area contributed by atoms with Crippen molar-refractivity contribution in [2.45, 2.75) is 33.6 Å². The molecule has 1 saturated heterocycles. The van der Waals surface area contributed by atoms with Gasteiger partial charge in [-0.1, -0.05) is 20.8 Å². The first kappa shape index (κ1) is 15.7. The number of halogens is 1. The molecule has 21 heavy (non-hydrogen) atoms. The standard InChI is InChI=1S/C16H24FN3O/c1-4-5-18-15-14(7-13(17)8-19-15)16(21)20-9-11(2)6-12(3)10-20/h7-8,11-12H,4-6,9-10H2,1-3H3,(H,18,19). The first-order valence-corrected chi connectivity index (χ1v) is 7.70. The molecule has 0 saturated carbocycles. The maximum absolute atomic E-state index is 13.5. The third-order valence-electron chi connectivity index (χ3n) is 3.78. The first-order chi connectivity index (χ1) is 10.0. The van der Waals surface area contributed by atoms with Crippen molar-refractivity contribution in [3.8, 4) is 0 Å². The molecule has 1 aliphatic heterocycles. The number of hydrogen-bond donors (Lipinski definition) is 1. The molecule has 2 rings (SSSR count). The largest absolute Gasteiger partial charge is 0.369 e. The van der Waals surface area contributed by atoms with Gasteiger partial charge in [0.1, 0.15) is 11.6 Å². The number of nitrogens with zero attached hydrogens (tertiary/aromatic N) is 2. The molecule has 4 nitrogen and oxygen atoms in total. The molecule has 1 N–H and O–H groups in total. The van der Waals surface area contributed by atoms with E-state index in [9.17, 15) is 9.18 Å².